The average molecular weight is 499 g/mol. The molecule has 0 saturated carbocycles. The highest BCUT2D eigenvalue weighted by atomic mass is 127. The van der Waals surface area contributed by atoms with Crippen LogP contribution in [0.25, 0.3) is 11.1 Å². The molecule has 0 saturated heterocycles. The zero-order valence-electron chi connectivity index (χ0n) is 16.9. The molecule has 4 rings (SSSR count). The minimum absolute atomic E-state index is 0.107. The molecule has 0 atom stereocenters. The van der Waals surface area contributed by atoms with Crippen LogP contribution < -0.4 is 21.2 Å². The summed E-state index contributed by atoms with van der Waals surface area (Å²) in [6.07, 6.45) is 3.38. The van der Waals surface area contributed by atoms with Crippen molar-refractivity contribution in [1.82, 2.24) is 0 Å². The third-order valence-electron chi connectivity index (χ3n) is 5.98. The highest BCUT2D eigenvalue weighted by Crippen LogP contribution is 2.53. The third kappa shape index (κ3) is 4.00. The highest BCUT2D eigenvalue weighted by Gasteiger charge is 2.42. The molecule has 2 N–H and O–H groups in total. The van der Waals surface area contributed by atoms with Crippen molar-refractivity contribution in [2.24, 2.45) is 0 Å². The van der Waals surface area contributed by atoms with Gasteiger partial charge in [-0.3, -0.25) is 0 Å². The van der Waals surface area contributed by atoms with Gasteiger partial charge >= 0.3 is 21.2 Å². The summed E-state index contributed by atoms with van der Waals surface area (Å²) in [4.78, 5) is 0. The van der Waals surface area contributed by atoms with E-state index in [0.717, 1.165) is 25.7 Å². The molecule has 3 heteroatoms. The molecule has 1 aliphatic rings. The lowest BCUT2D eigenvalue weighted by Crippen LogP contribution is -3.61. The number of aliphatic hydroxyl groups is 2. The zero-order chi connectivity index (χ0) is 20.3. The molecule has 1 aliphatic carbocycles. The van der Waals surface area contributed by atoms with Crippen LogP contribution in [0.4, 0.5) is 0 Å². The number of fused-ring (bicyclic) bond motifs is 3. The van der Waals surface area contributed by atoms with Crippen LogP contribution in [0.2, 0.25) is 0 Å². The van der Waals surface area contributed by atoms with Gasteiger partial charge in [-0.05, 0) is 85.2 Å². The number of rotatable bonds is 8. The molecule has 2 nitrogen and oxygen atoms in total. The Kier molecular flexibility index (Phi) is 6.38. The molecular weight excluding hydrogens is 471 g/mol. The second-order valence-corrected chi connectivity index (χ2v) is 10.9. The molecule has 150 valence electrons. The Bertz CT molecular complexity index is 970. The second-order valence-electron chi connectivity index (χ2n) is 7.86. The molecular formula is C26H28IO2+. The Morgan fingerprint density at radius 3 is 2.03 bits per heavy atom. The van der Waals surface area contributed by atoms with Gasteiger partial charge in [0.25, 0.3) is 0 Å². The van der Waals surface area contributed by atoms with Gasteiger partial charge in [0.05, 0.1) is 0 Å². The Balaban J connectivity index is 1.79. The predicted octanol–water partition coefficient (Wildman–Crippen LogP) is 1.93. The monoisotopic (exact) mass is 499 g/mol. The van der Waals surface area contributed by atoms with Crippen LogP contribution in [-0.2, 0) is 5.41 Å². The molecule has 0 aromatic heterocycles. The van der Waals surface area contributed by atoms with Crippen LogP contribution >= 0.6 is 0 Å². The maximum atomic E-state index is 9.59. The lowest BCUT2D eigenvalue weighted by Gasteiger charge is -2.32. The van der Waals surface area contributed by atoms with E-state index in [0.29, 0.717) is 0 Å². The number of benzene rings is 3. The Labute approximate surface area is 183 Å². The van der Waals surface area contributed by atoms with E-state index in [1.54, 1.807) is 0 Å². The van der Waals surface area contributed by atoms with Crippen LogP contribution in [0.3, 0.4) is 0 Å². The summed E-state index contributed by atoms with van der Waals surface area (Å²) in [5.74, 6) is 0. The largest absolute Gasteiger partial charge is 0.396 e. The number of hydrogen-bond donors (Lipinski definition) is 2. The molecule has 0 radical (unpaired) electrons. The Hall–Kier alpha value is -1.69. The molecule has 0 bridgehead atoms. The number of hydrogen-bond acceptors (Lipinski definition) is 2. The molecule has 0 aliphatic heterocycles. The van der Waals surface area contributed by atoms with Gasteiger partial charge in [0, 0.05) is 18.6 Å². The molecule has 0 heterocycles. The molecule has 29 heavy (non-hydrogen) atoms. The van der Waals surface area contributed by atoms with Gasteiger partial charge < -0.3 is 10.2 Å². The van der Waals surface area contributed by atoms with Crippen molar-refractivity contribution in [2.75, 3.05) is 13.2 Å². The quantitative estimate of drug-likeness (QED) is 0.466. The van der Waals surface area contributed by atoms with Crippen LogP contribution in [0.15, 0.2) is 66.7 Å². The first kappa shape index (κ1) is 20.6. The van der Waals surface area contributed by atoms with E-state index >= 15 is 0 Å². The molecule has 0 amide bonds. The van der Waals surface area contributed by atoms with Crippen LogP contribution in [-0.4, -0.2) is 23.4 Å². The van der Waals surface area contributed by atoms with Gasteiger partial charge in [0.2, 0.25) is 0 Å². The van der Waals surface area contributed by atoms with E-state index in [1.807, 2.05) is 0 Å². The normalized spacial score (nSPS) is 13.9. The Morgan fingerprint density at radius 1 is 0.724 bits per heavy atom. The van der Waals surface area contributed by atoms with E-state index in [2.05, 4.69) is 73.7 Å². The number of aryl methyl sites for hydroxylation is 1. The first-order valence-corrected chi connectivity index (χ1v) is 12.5. The van der Waals surface area contributed by atoms with E-state index in [9.17, 15) is 10.2 Å². The molecule has 0 spiro atoms. The van der Waals surface area contributed by atoms with Crippen molar-refractivity contribution in [3.05, 3.63) is 90.6 Å². The zero-order valence-corrected chi connectivity index (χ0v) is 19.0. The van der Waals surface area contributed by atoms with E-state index < -0.39 is 0 Å². The minimum Gasteiger partial charge on any atom is -0.396 e. The van der Waals surface area contributed by atoms with Crippen molar-refractivity contribution in [3.8, 4) is 11.1 Å². The topological polar surface area (TPSA) is 40.5 Å². The van der Waals surface area contributed by atoms with Gasteiger partial charge in [-0.2, -0.15) is 0 Å². The van der Waals surface area contributed by atoms with Crippen LogP contribution in [0.5, 0.6) is 0 Å². The van der Waals surface area contributed by atoms with Crippen molar-refractivity contribution in [1.29, 1.82) is 0 Å². The summed E-state index contributed by atoms with van der Waals surface area (Å²) < 4.78 is 2.86. The smallest absolute Gasteiger partial charge is 0.357 e. The van der Waals surface area contributed by atoms with Gasteiger partial charge in [-0.25, -0.2) is 0 Å². The standard InChI is InChI=1S/C26H28IO2/c1-19-8-10-20(11-9-19)27-21-12-13-23-22-6-2-3-7-24(22)26(14-4-16-28,15-5-17-29)25(23)18-21/h2-3,6-13,18,28-29H,4-5,14-17H2,1H3/q+1. The van der Waals surface area contributed by atoms with Gasteiger partial charge in [0.1, 0.15) is 0 Å². The predicted molar refractivity (Wildman–Crippen MR) is 114 cm³/mol. The average Bonchev–Trinajstić information content (AvgIpc) is 3.02. The second kappa shape index (κ2) is 8.99. The lowest BCUT2D eigenvalue weighted by molar-refractivity contribution is -0.597. The summed E-state index contributed by atoms with van der Waals surface area (Å²) in [7, 11) is 0. The van der Waals surface area contributed by atoms with Gasteiger partial charge in [0.15, 0.2) is 7.14 Å². The van der Waals surface area contributed by atoms with Crippen LogP contribution in [0, 0.1) is 14.1 Å². The third-order valence-corrected chi connectivity index (χ3v) is 8.62. The fourth-order valence-electron chi connectivity index (χ4n) is 4.63. The van der Waals surface area contributed by atoms with Crippen molar-refractivity contribution >= 4 is 0 Å². The molecule has 0 unspecified atom stereocenters. The maximum Gasteiger partial charge on any atom is 0.357 e. The summed E-state index contributed by atoms with van der Waals surface area (Å²) >= 11 is -0.237. The maximum absolute atomic E-state index is 9.59. The van der Waals surface area contributed by atoms with Gasteiger partial charge in [-0.1, -0.05) is 42.0 Å². The summed E-state index contributed by atoms with van der Waals surface area (Å²) in [6, 6.07) is 24.7. The molecule has 0 fully saturated rings. The lowest BCUT2D eigenvalue weighted by atomic mass is 9.71. The van der Waals surface area contributed by atoms with E-state index in [4.69, 9.17) is 0 Å². The summed E-state index contributed by atoms with van der Waals surface area (Å²) in [5.41, 5.74) is 6.60. The fraction of sp³-hybridized carbons (Fsp3) is 0.308. The molecule has 3 aromatic carbocycles. The minimum atomic E-state index is -0.237. The number of aliphatic hydroxyl groups excluding tert-OH is 2. The number of halogens is 1. The van der Waals surface area contributed by atoms with E-state index in [-0.39, 0.29) is 39.8 Å². The van der Waals surface area contributed by atoms with Gasteiger partial charge in [-0.15, -0.1) is 0 Å². The summed E-state index contributed by atoms with van der Waals surface area (Å²) in [6.45, 7) is 2.54. The highest BCUT2D eigenvalue weighted by molar-refractivity contribution is 5.80. The fourth-order valence-corrected chi connectivity index (χ4v) is 6.90. The Morgan fingerprint density at radius 2 is 1.34 bits per heavy atom. The van der Waals surface area contributed by atoms with Crippen molar-refractivity contribution < 1.29 is 31.4 Å². The first-order chi connectivity index (χ1) is 14.2. The summed E-state index contributed by atoms with van der Waals surface area (Å²) in [5, 5.41) is 19.2. The molecule has 3 aromatic rings. The van der Waals surface area contributed by atoms with Crippen molar-refractivity contribution in [2.45, 2.75) is 38.0 Å². The van der Waals surface area contributed by atoms with Crippen molar-refractivity contribution in [3.63, 3.8) is 0 Å². The SMILES string of the molecule is Cc1ccc([I+]c2ccc3c(c2)C(CCCO)(CCCO)c2ccccc2-3)cc1. The van der Waals surface area contributed by atoms with E-state index in [1.165, 1.54) is 35.0 Å². The first-order valence-electron chi connectivity index (χ1n) is 10.4. The van der Waals surface area contributed by atoms with Crippen LogP contribution in [0.1, 0.15) is 42.4 Å².